The first-order chi connectivity index (χ1) is 14.4. The summed E-state index contributed by atoms with van der Waals surface area (Å²) in [5.74, 6) is 0.844. The second kappa shape index (κ2) is 10.6. The second-order valence-corrected chi connectivity index (χ2v) is 10.0. The van der Waals surface area contributed by atoms with Gasteiger partial charge in [-0.05, 0) is 69.6 Å². The summed E-state index contributed by atoms with van der Waals surface area (Å²) in [7, 11) is 0. The Balaban J connectivity index is 0.000000269. The molecular weight excluding hydrogens is 414 g/mol. The molecule has 1 N–H and O–H groups in total. The standard InChI is InChI=1S/C18H25NO2S.C7H7Cl/c1-3-12-7-4-5-8-13(12)17(21)19-18-16(11(2)20)14-9-6-10-15(14)22-18;1-6-2-4-7(8)5-3-6/h12-13H,3-10H2,1-2H3,(H,19,21);2-5H,1H3. The van der Waals surface area contributed by atoms with Crippen molar-refractivity contribution in [2.24, 2.45) is 11.8 Å². The van der Waals surface area contributed by atoms with Crippen LogP contribution in [0.15, 0.2) is 24.3 Å². The van der Waals surface area contributed by atoms with Crippen molar-refractivity contribution in [3.8, 4) is 0 Å². The first-order valence-corrected chi connectivity index (χ1v) is 12.3. The Morgan fingerprint density at radius 2 is 1.80 bits per heavy atom. The number of amides is 1. The molecule has 4 rings (SSSR count). The fraction of sp³-hybridized carbons (Fsp3) is 0.520. The molecule has 5 heteroatoms. The maximum atomic E-state index is 12.7. The molecule has 2 aliphatic carbocycles. The molecule has 2 aromatic rings. The smallest absolute Gasteiger partial charge is 0.228 e. The lowest BCUT2D eigenvalue weighted by atomic mass is 9.77. The van der Waals surface area contributed by atoms with Gasteiger partial charge in [-0.15, -0.1) is 11.3 Å². The highest BCUT2D eigenvalue weighted by Gasteiger charge is 2.32. The zero-order valence-corrected chi connectivity index (χ0v) is 19.8. The normalized spacial score (nSPS) is 20.1. The Morgan fingerprint density at radius 1 is 1.10 bits per heavy atom. The highest BCUT2D eigenvalue weighted by atomic mass is 35.5. The van der Waals surface area contributed by atoms with E-state index in [9.17, 15) is 9.59 Å². The number of fused-ring (bicyclic) bond motifs is 1. The van der Waals surface area contributed by atoms with Crippen LogP contribution in [0.1, 0.15) is 78.7 Å². The number of hydrogen-bond donors (Lipinski definition) is 1. The number of benzene rings is 1. The fourth-order valence-corrected chi connectivity index (χ4v) is 6.11. The van der Waals surface area contributed by atoms with Crippen molar-refractivity contribution >= 4 is 39.6 Å². The molecule has 2 unspecified atom stereocenters. The van der Waals surface area contributed by atoms with Gasteiger partial charge in [0.15, 0.2) is 5.78 Å². The van der Waals surface area contributed by atoms with Crippen molar-refractivity contribution < 1.29 is 9.59 Å². The number of hydrogen-bond acceptors (Lipinski definition) is 3. The van der Waals surface area contributed by atoms with Gasteiger partial charge in [-0.1, -0.05) is 55.5 Å². The van der Waals surface area contributed by atoms with E-state index in [0.717, 1.165) is 60.5 Å². The molecule has 0 spiro atoms. The highest BCUT2D eigenvalue weighted by Crippen LogP contribution is 2.40. The Bertz CT molecular complexity index is 866. The van der Waals surface area contributed by atoms with Crippen LogP contribution in [0.2, 0.25) is 5.02 Å². The summed E-state index contributed by atoms with van der Waals surface area (Å²) in [5.41, 5.74) is 3.23. The topological polar surface area (TPSA) is 46.2 Å². The zero-order chi connectivity index (χ0) is 21.7. The predicted octanol–water partition coefficient (Wildman–Crippen LogP) is 7.24. The van der Waals surface area contributed by atoms with E-state index in [0.29, 0.717) is 5.92 Å². The fourth-order valence-electron chi connectivity index (χ4n) is 4.64. The van der Waals surface area contributed by atoms with Crippen LogP contribution in [0, 0.1) is 18.8 Å². The maximum absolute atomic E-state index is 12.7. The summed E-state index contributed by atoms with van der Waals surface area (Å²) in [6.07, 6.45) is 8.78. The average molecular weight is 446 g/mol. The highest BCUT2D eigenvalue weighted by molar-refractivity contribution is 7.17. The number of carbonyl (C=O) groups is 2. The summed E-state index contributed by atoms with van der Waals surface area (Å²) in [6, 6.07) is 7.75. The minimum Gasteiger partial charge on any atom is -0.317 e. The number of ketones is 1. The van der Waals surface area contributed by atoms with Crippen LogP contribution in [0.4, 0.5) is 5.00 Å². The third kappa shape index (κ3) is 5.53. The first kappa shape index (κ1) is 23.0. The molecule has 2 aliphatic rings. The van der Waals surface area contributed by atoms with E-state index >= 15 is 0 Å². The van der Waals surface area contributed by atoms with Crippen LogP contribution < -0.4 is 5.32 Å². The average Bonchev–Trinajstić information content (AvgIpc) is 3.31. The van der Waals surface area contributed by atoms with Gasteiger partial charge >= 0.3 is 0 Å². The van der Waals surface area contributed by atoms with E-state index in [1.807, 2.05) is 31.2 Å². The number of aryl methyl sites for hydroxylation is 2. The van der Waals surface area contributed by atoms with Crippen LogP contribution in [-0.2, 0) is 17.6 Å². The van der Waals surface area contributed by atoms with E-state index in [2.05, 4.69) is 12.2 Å². The predicted molar refractivity (Wildman–Crippen MR) is 127 cm³/mol. The lowest BCUT2D eigenvalue weighted by Crippen LogP contribution is -2.31. The molecule has 1 fully saturated rings. The molecule has 1 aromatic heterocycles. The number of Topliss-reactive ketones (excluding diaryl/α,β-unsaturated/α-hetero) is 1. The third-order valence-electron chi connectivity index (χ3n) is 6.29. The van der Waals surface area contributed by atoms with Crippen molar-refractivity contribution in [3.63, 3.8) is 0 Å². The molecule has 1 amide bonds. The van der Waals surface area contributed by atoms with Crippen molar-refractivity contribution in [3.05, 3.63) is 50.9 Å². The minimum atomic E-state index is 0.0883. The monoisotopic (exact) mass is 445 g/mol. The van der Waals surface area contributed by atoms with Gasteiger partial charge in [0, 0.05) is 15.8 Å². The number of carbonyl (C=O) groups excluding carboxylic acids is 2. The van der Waals surface area contributed by atoms with Gasteiger partial charge < -0.3 is 5.32 Å². The van der Waals surface area contributed by atoms with Crippen molar-refractivity contribution in [1.82, 2.24) is 0 Å². The summed E-state index contributed by atoms with van der Waals surface area (Å²) >= 11 is 7.24. The van der Waals surface area contributed by atoms with Crippen LogP contribution in [0.3, 0.4) is 0 Å². The molecule has 0 saturated heterocycles. The molecule has 0 bridgehead atoms. The van der Waals surface area contributed by atoms with Crippen LogP contribution in [0.25, 0.3) is 0 Å². The Labute approximate surface area is 189 Å². The van der Waals surface area contributed by atoms with Gasteiger partial charge in [-0.2, -0.15) is 0 Å². The zero-order valence-electron chi connectivity index (χ0n) is 18.2. The lowest BCUT2D eigenvalue weighted by molar-refractivity contribution is -0.122. The van der Waals surface area contributed by atoms with E-state index in [1.54, 1.807) is 18.3 Å². The summed E-state index contributed by atoms with van der Waals surface area (Å²) < 4.78 is 0. The third-order valence-corrected chi connectivity index (χ3v) is 7.75. The molecule has 162 valence electrons. The molecule has 30 heavy (non-hydrogen) atoms. The van der Waals surface area contributed by atoms with E-state index < -0.39 is 0 Å². The molecule has 1 heterocycles. The Morgan fingerprint density at radius 3 is 2.43 bits per heavy atom. The summed E-state index contributed by atoms with van der Waals surface area (Å²) in [4.78, 5) is 26.0. The number of rotatable bonds is 4. The maximum Gasteiger partial charge on any atom is 0.228 e. The first-order valence-electron chi connectivity index (χ1n) is 11.1. The van der Waals surface area contributed by atoms with Gasteiger partial charge in [0.1, 0.15) is 5.00 Å². The summed E-state index contributed by atoms with van der Waals surface area (Å²) in [5, 5.41) is 4.72. The van der Waals surface area contributed by atoms with Crippen molar-refractivity contribution in [2.75, 3.05) is 5.32 Å². The molecule has 3 nitrogen and oxygen atoms in total. The molecule has 0 aliphatic heterocycles. The lowest BCUT2D eigenvalue weighted by Gasteiger charge is -2.29. The molecular formula is C25H32ClNO2S. The van der Waals surface area contributed by atoms with E-state index in [4.69, 9.17) is 11.6 Å². The molecule has 1 aromatic carbocycles. The van der Waals surface area contributed by atoms with Crippen LogP contribution in [-0.4, -0.2) is 11.7 Å². The van der Waals surface area contributed by atoms with Gasteiger partial charge in [0.2, 0.25) is 5.91 Å². The van der Waals surface area contributed by atoms with Crippen LogP contribution >= 0.6 is 22.9 Å². The van der Waals surface area contributed by atoms with Crippen molar-refractivity contribution in [2.45, 2.75) is 72.1 Å². The largest absolute Gasteiger partial charge is 0.317 e. The minimum absolute atomic E-state index is 0.0883. The Kier molecular flexibility index (Phi) is 8.13. The SMILES string of the molecule is CCC1CCCCC1C(=O)Nc1sc2c(c1C(C)=O)CCC2.Cc1ccc(Cl)cc1. The number of anilines is 1. The Hall–Kier alpha value is -1.65. The van der Waals surface area contributed by atoms with Gasteiger partial charge in [-0.3, -0.25) is 9.59 Å². The number of halogens is 1. The molecule has 0 radical (unpaired) electrons. The molecule has 1 saturated carbocycles. The van der Waals surface area contributed by atoms with E-state index in [1.165, 1.54) is 22.4 Å². The number of thiophene rings is 1. The van der Waals surface area contributed by atoms with Gasteiger partial charge in [0.05, 0.1) is 5.56 Å². The number of nitrogens with one attached hydrogen (secondary N) is 1. The second-order valence-electron chi connectivity index (χ2n) is 8.46. The van der Waals surface area contributed by atoms with Gasteiger partial charge in [-0.25, -0.2) is 0 Å². The van der Waals surface area contributed by atoms with Gasteiger partial charge in [0.25, 0.3) is 0 Å². The molecule has 2 atom stereocenters. The summed E-state index contributed by atoms with van der Waals surface area (Å²) in [6.45, 7) is 5.83. The quantitative estimate of drug-likeness (QED) is 0.504. The van der Waals surface area contributed by atoms with Crippen LogP contribution in [0.5, 0.6) is 0 Å². The van der Waals surface area contributed by atoms with E-state index in [-0.39, 0.29) is 17.6 Å². The van der Waals surface area contributed by atoms with Crippen molar-refractivity contribution in [1.29, 1.82) is 0 Å².